The van der Waals surface area contributed by atoms with Gasteiger partial charge in [0, 0.05) is 22.5 Å². The molecule has 2 aromatic carbocycles. The van der Waals surface area contributed by atoms with Crippen molar-refractivity contribution < 1.29 is 22.7 Å². The van der Waals surface area contributed by atoms with Crippen molar-refractivity contribution in [3.63, 3.8) is 0 Å². The Morgan fingerprint density at radius 3 is 2.54 bits per heavy atom. The molecule has 4 aromatic rings. The van der Waals surface area contributed by atoms with Crippen LogP contribution in [0.4, 0.5) is 13.2 Å². The number of ketones is 1. The second-order valence-corrected chi connectivity index (χ2v) is 6.11. The number of methoxy groups -OCH3 is 1. The lowest BCUT2D eigenvalue weighted by molar-refractivity contribution is 0.104. The third kappa shape index (κ3) is 3.00. The monoisotopic (exact) mass is 382 g/mol. The Morgan fingerprint density at radius 1 is 1.07 bits per heavy atom. The summed E-state index contributed by atoms with van der Waals surface area (Å²) in [6.07, 6.45) is 3.85. The van der Waals surface area contributed by atoms with Gasteiger partial charge < -0.3 is 9.72 Å². The van der Waals surface area contributed by atoms with Gasteiger partial charge in [-0.1, -0.05) is 6.08 Å². The van der Waals surface area contributed by atoms with Gasteiger partial charge in [-0.05, 0) is 48.0 Å². The van der Waals surface area contributed by atoms with Gasteiger partial charge in [0.1, 0.15) is 11.4 Å². The van der Waals surface area contributed by atoms with Gasteiger partial charge >= 0.3 is 0 Å². The Morgan fingerprint density at radius 2 is 1.82 bits per heavy atom. The Labute approximate surface area is 157 Å². The number of nitrogens with zero attached hydrogens (tertiary/aromatic N) is 1. The Balaban J connectivity index is 1.75. The van der Waals surface area contributed by atoms with Crippen LogP contribution in [-0.2, 0) is 0 Å². The number of carbonyl (C=O) groups excluding carboxylic acids is 1. The number of aromatic nitrogens is 2. The minimum Gasteiger partial charge on any atom is -0.497 e. The molecule has 140 valence electrons. The zero-order valence-corrected chi connectivity index (χ0v) is 14.6. The van der Waals surface area contributed by atoms with Gasteiger partial charge in [0.15, 0.2) is 17.5 Å². The molecule has 0 saturated heterocycles. The van der Waals surface area contributed by atoms with Crippen molar-refractivity contribution in [3.8, 4) is 5.75 Å². The van der Waals surface area contributed by atoms with Crippen molar-refractivity contribution in [3.05, 3.63) is 77.4 Å². The van der Waals surface area contributed by atoms with Crippen LogP contribution in [0.15, 0.2) is 48.7 Å². The summed E-state index contributed by atoms with van der Waals surface area (Å²) in [5.74, 6) is -3.98. The fourth-order valence-electron chi connectivity index (χ4n) is 3.04. The van der Waals surface area contributed by atoms with Gasteiger partial charge in [-0.25, -0.2) is 13.2 Å². The van der Waals surface area contributed by atoms with Gasteiger partial charge in [0.05, 0.1) is 12.6 Å². The van der Waals surface area contributed by atoms with Crippen LogP contribution >= 0.6 is 0 Å². The number of fused-ring (bicyclic) bond motifs is 3. The first kappa shape index (κ1) is 17.8. The van der Waals surface area contributed by atoms with E-state index in [1.165, 1.54) is 12.3 Å². The van der Waals surface area contributed by atoms with E-state index in [0.717, 1.165) is 34.5 Å². The number of allylic oxidation sites excluding steroid dienone is 1. The van der Waals surface area contributed by atoms with Gasteiger partial charge in [-0.3, -0.25) is 9.78 Å². The van der Waals surface area contributed by atoms with E-state index in [2.05, 4.69) is 9.97 Å². The predicted molar refractivity (Wildman–Crippen MR) is 99.8 cm³/mol. The molecule has 0 atom stereocenters. The summed E-state index contributed by atoms with van der Waals surface area (Å²) < 4.78 is 44.9. The van der Waals surface area contributed by atoms with Crippen LogP contribution in [0.25, 0.3) is 27.9 Å². The van der Waals surface area contributed by atoms with Crippen molar-refractivity contribution in [2.24, 2.45) is 0 Å². The number of carbonyl (C=O) groups is 1. The molecule has 0 aliphatic carbocycles. The summed E-state index contributed by atoms with van der Waals surface area (Å²) in [5, 5.41) is 1.66. The molecule has 7 heteroatoms. The molecule has 0 saturated carbocycles. The van der Waals surface area contributed by atoms with Crippen molar-refractivity contribution in [2.45, 2.75) is 0 Å². The number of hydrogen-bond donors (Lipinski definition) is 1. The highest BCUT2D eigenvalue weighted by molar-refractivity contribution is 6.17. The number of H-pyrrole nitrogens is 1. The molecule has 28 heavy (non-hydrogen) atoms. The van der Waals surface area contributed by atoms with E-state index in [-0.39, 0.29) is 11.3 Å². The van der Waals surface area contributed by atoms with Crippen LogP contribution in [0.1, 0.15) is 16.1 Å². The third-order valence-corrected chi connectivity index (χ3v) is 4.39. The zero-order valence-electron chi connectivity index (χ0n) is 14.6. The van der Waals surface area contributed by atoms with E-state index in [1.807, 2.05) is 12.1 Å². The molecule has 0 fully saturated rings. The van der Waals surface area contributed by atoms with Crippen LogP contribution in [0, 0.1) is 17.5 Å². The maximum Gasteiger partial charge on any atom is 0.206 e. The second-order valence-electron chi connectivity index (χ2n) is 6.11. The maximum atomic E-state index is 13.3. The Bertz CT molecular complexity index is 1240. The number of rotatable bonds is 4. The number of aromatic amines is 1. The number of pyridine rings is 1. The molecule has 0 unspecified atom stereocenters. The molecule has 0 aliphatic heterocycles. The van der Waals surface area contributed by atoms with Crippen molar-refractivity contribution >= 4 is 33.7 Å². The largest absolute Gasteiger partial charge is 0.497 e. The lowest BCUT2D eigenvalue weighted by Crippen LogP contribution is -1.99. The van der Waals surface area contributed by atoms with Gasteiger partial charge in [-0.15, -0.1) is 0 Å². The quantitative estimate of drug-likeness (QED) is 0.306. The molecule has 1 N–H and O–H groups in total. The second kappa shape index (κ2) is 6.84. The summed E-state index contributed by atoms with van der Waals surface area (Å²) in [6.45, 7) is 0. The molecule has 2 heterocycles. The number of benzene rings is 2. The summed E-state index contributed by atoms with van der Waals surface area (Å²) >= 11 is 0. The van der Waals surface area contributed by atoms with Crippen LogP contribution in [0.2, 0.25) is 0 Å². The molecule has 2 aromatic heterocycles. The number of hydrogen-bond acceptors (Lipinski definition) is 3. The van der Waals surface area contributed by atoms with E-state index in [0.29, 0.717) is 11.3 Å². The van der Waals surface area contributed by atoms with Gasteiger partial charge in [0.25, 0.3) is 0 Å². The molecular formula is C21H13F3N2O2. The first-order chi connectivity index (χ1) is 13.5. The fourth-order valence-corrected chi connectivity index (χ4v) is 3.04. The fraction of sp³-hybridized carbons (Fsp3) is 0.0476. The third-order valence-electron chi connectivity index (χ3n) is 4.39. The molecular weight excluding hydrogens is 369 g/mol. The first-order valence-corrected chi connectivity index (χ1v) is 8.29. The van der Waals surface area contributed by atoms with Crippen molar-refractivity contribution in [2.75, 3.05) is 7.11 Å². The van der Waals surface area contributed by atoms with Crippen LogP contribution in [-0.4, -0.2) is 22.9 Å². The number of ether oxygens (including phenoxy) is 1. The molecule has 0 radical (unpaired) electrons. The van der Waals surface area contributed by atoms with E-state index in [4.69, 9.17) is 4.74 Å². The number of nitrogens with one attached hydrogen (secondary N) is 1. The highest BCUT2D eigenvalue weighted by Crippen LogP contribution is 2.30. The topological polar surface area (TPSA) is 55.0 Å². The standard InChI is InChI=1S/C21H13F3N2O2/c1-28-12-3-4-17-14(10-12)13-6-7-25-21(20(13)26-17)18(27)5-2-11-8-15(22)19(24)16(23)9-11/h2-10,26H,1H3/b5-2+. The highest BCUT2D eigenvalue weighted by Gasteiger charge is 2.14. The highest BCUT2D eigenvalue weighted by atomic mass is 19.2. The van der Waals surface area contributed by atoms with Crippen LogP contribution in [0.5, 0.6) is 5.75 Å². The van der Waals surface area contributed by atoms with Crippen molar-refractivity contribution in [1.29, 1.82) is 0 Å². The smallest absolute Gasteiger partial charge is 0.206 e. The van der Waals surface area contributed by atoms with Crippen molar-refractivity contribution in [1.82, 2.24) is 9.97 Å². The lowest BCUT2D eigenvalue weighted by atomic mass is 10.1. The van der Waals surface area contributed by atoms with E-state index >= 15 is 0 Å². The van der Waals surface area contributed by atoms with Gasteiger partial charge in [0.2, 0.25) is 5.78 Å². The minimum atomic E-state index is -1.55. The SMILES string of the molecule is COc1ccc2[nH]c3c(C(=O)/C=C/c4cc(F)c(F)c(F)c4)nccc3c2c1. The molecule has 0 amide bonds. The molecule has 4 nitrogen and oxygen atoms in total. The summed E-state index contributed by atoms with van der Waals surface area (Å²) in [5.41, 5.74) is 1.53. The Kier molecular flexibility index (Phi) is 4.35. The minimum absolute atomic E-state index is 0.0262. The average molecular weight is 382 g/mol. The maximum absolute atomic E-state index is 13.3. The lowest BCUT2D eigenvalue weighted by Gasteiger charge is -2.00. The summed E-state index contributed by atoms with van der Waals surface area (Å²) in [7, 11) is 1.57. The molecule has 0 bridgehead atoms. The Hall–Kier alpha value is -3.61. The van der Waals surface area contributed by atoms with E-state index in [9.17, 15) is 18.0 Å². The molecule has 4 rings (SSSR count). The molecule has 0 spiro atoms. The predicted octanol–water partition coefficient (Wildman–Crippen LogP) is 5.04. The zero-order chi connectivity index (χ0) is 19.8. The van der Waals surface area contributed by atoms with E-state index in [1.54, 1.807) is 19.2 Å². The normalized spacial score (nSPS) is 11.6. The molecule has 0 aliphatic rings. The average Bonchev–Trinajstić information content (AvgIpc) is 3.07. The van der Waals surface area contributed by atoms with Gasteiger partial charge in [-0.2, -0.15) is 0 Å². The van der Waals surface area contributed by atoms with Crippen LogP contribution < -0.4 is 4.74 Å². The summed E-state index contributed by atoms with van der Waals surface area (Å²) in [4.78, 5) is 19.9. The summed E-state index contributed by atoms with van der Waals surface area (Å²) in [6, 6.07) is 8.88. The first-order valence-electron chi connectivity index (χ1n) is 8.29. The number of halogens is 3. The van der Waals surface area contributed by atoms with E-state index < -0.39 is 23.2 Å². The van der Waals surface area contributed by atoms with Crippen LogP contribution in [0.3, 0.4) is 0 Å².